The Bertz CT molecular complexity index is 1320. The van der Waals surface area contributed by atoms with Gasteiger partial charge in [-0.25, -0.2) is 18.6 Å². The van der Waals surface area contributed by atoms with E-state index in [0.29, 0.717) is 12.3 Å². The number of halogens is 5. The maximum atomic E-state index is 14.0. The highest BCUT2D eigenvalue weighted by Crippen LogP contribution is 2.38. The van der Waals surface area contributed by atoms with Crippen LogP contribution in [0.2, 0.25) is 0 Å². The highest BCUT2D eigenvalue weighted by Gasteiger charge is 2.33. The molecule has 0 saturated heterocycles. The third-order valence-electron chi connectivity index (χ3n) is 5.03. The summed E-state index contributed by atoms with van der Waals surface area (Å²) < 4.78 is 77.9. The minimum absolute atomic E-state index is 0.151. The molecule has 0 aliphatic heterocycles. The second-order valence-corrected chi connectivity index (χ2v) is 7.11. The molecular formula is C22H17F5N2O4. The van der Waals surface area contributed by atoms with Crippen LogP contribution in [0.4, 0.5) is 22.0 Å². The Kier molecular flexibility index (Phi) is 6.26. The molecule has 0 fully saturated rings. The number of hydrogen-bond donors (Lipinski definition) is 1. The average Bonchev–Trinajstić information content (AvgIpc) is 2.76. The zero-order chi connectivity index (χ0) is 24.7. The molecule has 3 aromatic rings. The summed E-state index contributed by atoms with van der Waals surface area (Å²) in [4.78, 5) is 31.6. The van der Waals surface area contributed by atoms with Crippen molar-refractivity contribution in [2.75, 3.05) is 7.11 Å². The fourth-order valence-corrected chi connectivity index (χ4v) is 3.03. The summed E-state index contributed by atoms with van der Waals surface area (Å²) in [6.07, 6.45) is -4.34. The number of nitrogens with zero attached hydrogens (tertiary/aromatic N) is 1. The quantitative estimate of drug-likeness (QED) is 0.419. The molecule has 174 valence electrons. The van der Waals surface area contributed by atoms with Crippen molar-refractivity contribution in [1.29, 1.82) is 0 Å². The topological polar surface area (TPSA) is 81.3 Å². The molecule has 0 bridgehead atoms. The Morgan fingerprint density at radius 3 is 2.36 bits per heavy atom. The van der Waals surface area contributed by atoms with Crippen LogP contribution in [0.15, 0.2) is 29.2 Å². The summed E-state index contributed by atoms with van der Waals surface area (Å²) in [5, 5.41) is 0. The van der Waals surface area contributed by atoms with Crippen molar-refractivity contribution in [1.82, 2.24) is 9.97 Å². The fourth-order valence-electron chi connectivity index (χ4n) is 3.03. The van der Waals surface area contributed by atoms with Crippen LogP contribution in [0.5, 0.6) is 11.6 Å². The van der Waals surface area contributed by atoms with Crippen molar-refractivity contribution >= 4 is 5.97 Å². The van der Waals surface area contributed by atoms with Crippen LogP contribution < -0.4 is 10.2 Å². The Morgan fingerprint density at radius 1 is 1.09 bits per heavy atom. The molecule has 3 rings (SSSR count). The van der Waals surface area contributed by atoms with Crippen LogP contribution >= 0.6 is 0 Å². The number of nitrogens with one attached hydrogen (secondary N) is 1. The Hall–Kier alpha value is -3.76. The van der Waals surface area contributed by atoms with Gasteiger partial charge in [0.15, 0.2) is 17.1 Å². The van der Waals surface area contributed by atoms with E-state index in [-0.39, 0.29) is 28.3 Å². The lowest BCUT2D eigenvalue weighted by molar-refractivity contribution is -0.137. The number of hydrogen-bond acceptors (Lipinski definition) is 5. The third kappa shape index (κ3) is 4.43. The molecule has 1 aromatic carbocycles. The zero-order valence-electron chi connectivity index (χ0n) is 17.8. The number of aromatic amines is 1. The van der Waals surface area contributed by atoms with Gasteiger partial charge in [-0.1, -0.05) is 0 Å². The van der Waals surface area contributed by atoms with E-state index in [4.69, 9.17) is 4.74 Å². The molecule has 0 aliphatic rings. The second kappa shape index (κ2) is 8.64. The Balaban J connectivity index is 2.35. The average molecular weight is 468 g/mol. The van der Waals surface area contributed by atoms with E-state index in [1.54, 1.807) is 0 Å². The molecule has 0 saturated carbocycles. The van der Waals surface area contributed by atoms with E-state index in [2.05, 4.69) is 14.7 Å². The zero-order valence-corrected chi connectivity index (χ0v) is 17.8. The molecule has 6 nitrogen and oxygen atoms in total. The first-order valence-corrected chi connectivity index (χ1v) is 9.38. The summed E-state index contributed by atoms with van der Waals surface area (Å²) in [7, 11) is 1.01. The minimum atomic E-state index is -4.82. The van der Waals surface area contributed by atoms with Gasteiger partial charge in [0.25, 0.3) is 0 Å². The predicted molar refractivity (Wildman–Crippen MR) is 107 cm³/mol. The Morgan fingerprint density at radius 2 is 1.76 bits per heavy atom. The van der Waals surface area contributed by atoms with Crippen molar-refractivity contribution < 1.29 is 36.2 Å². The maximum absolute atomic E-state index is 14.0. The number of H-pyrrole nitrogens is 1. The van der Waals surface area contributed by atoms with Gasteiger partial charge in [-0.3, -0.25) is 4.79 Å². The number of ether oxygens (including phenoxy) is 2. The van der Waals surface area contributed by atoms with Crippen LogP contribution in [0.3, 0.4) is 0 Å². The van der Waals surface area contributed by atoms with Crippen LogP contribution in [-0.2, 0) is 10.9 Å². The first-order valence-electron chi connectivity index (χ1n) is 9.38. The lowest BCUT2D eigenvalue weighted by atomic mass is 10.0. The molecule has 0 unspecified atom stereocenters. The smallest absolute Gasteiger partial charge is 0.417 e. The summed E-state index contributed by atoms with van der Waals surface area (Å²) in [5.41, 5.74) is -3.09. The molecule has 0 amide bonds. The van der Waals surface area contributed by atoms with E-state index in [1.165, 1.54) is 20.8 Å². The lowest BCUT2D eigenvalue weighted by Gasteiger charge is -2.17. The molecule has 0 aliphatic carbocycles. The van der Waals surface area contributed by atoms with E-state index < -0.39 is 51.8 Å². The molecule has 0 atom stereocenters. The standard InChI is InChI=1S/C22H17F5N2O4/c1-9-11(3)29-18(16(19(9)30)21(31)32-4)13-7-12(22(25,26)27)8-28-20(13)33-15-6-5-14(23)17(24)10(15)2/h5-8H,1-4H3,(H,29,30). The van der Waals surface area contributed by atoms with Crippen LogP contribution in [-0.4, -0.2) is 23.0 Å². The van der Waals surface area contributed by atoms with Crippen molar-refractivity contribution in [3.05, 3.63) is 74.2 Å². The van der Waals surface area contributed by atoms with Crippen molar-refractivity contribution in [3.8, 4) is 22.9 Å². The van der Waals surface area contributed by atoms with Crippen LogP contribution in [0.25, 0.3) is 11.3 Å². The highest BCUT2D eigenvalue weighted by atomic mass is 19.4. The van der Waals surface area contributed by atoms with Gasteiger partial charge in [0, 0.05) is 23.0 Å². The van der Waals surface area contributed by atoms with Gasteiger partial charge in [0.2, 0.25) is 5.88 Å². The summed E-state index contributed by atoms with van der Waals surface area (Å²) in [5.74, 6) is -4.17. The van der Waals surface area contributed by atoms with Gasteiger partial charge in [0.05, 0.1) is 23.9 Å². The summed E-state index contributed by atoms with van der Waals surface area (Å²) in [6, 6.07) is 2.48. The molecular weight excluding hydrogens is 451 g/mol. The normalized spacial score (nSPS) is 11.4. The molecule has 11 heteroatoms. The third-order valence-corrected chi connectivity index (χ3v) is 5.03. The molecule has 2 aromatic heterocycles. The Labute approximate surface area is 184 Å². The largest absolute Gasteiger partial charge is 0.465 e. The number of alkyl halides is 3. The lowest BCUT2D eigenvalue weighted by Crippen LogP contribution is -2.22. The van der Waals surface area contributed by atoms with Gasteiger partial charge in [-0.15, -0.1) is 0 Å². The number of methoxy groups -OCH3 is 1. The van der Waals surface area contributed by atoms with Gasteiger partial charge in [0.1, 0.15) is 11.3 Å². The first kappa shape index (κ1) is 23.9. The number of esters is 1. The van der Waals surface area contributed by atoms with Crippen LogP contribution in [0.1, 0.15) is 32.7 Å². The molecule has 0 spiro atoms. The van der Waals surface area contributed by atoms with E-state index in [0.717, 1.165) is 19.2 Å². The highest BCUT2D eigenvalue weighted by molar-refractivity contribution is 5.97. The number of carbonyl (C=O) groups excluding carboxylic acids is 1. The van der Waals surface area contributed by atoms with E-state index in [9.17, 15) is 31.5 Å². The summed E-state index contributed by atoms with van der Waals surface area (Å²) in [6.45, 7) is 4.12. The van der Waals surface area contributed by atoms with Gasteiger partial charge in [-0.2, -0.15) is 13.2 Å². The van der Waals surface area contributed by atoms with Crippen molar-refractivity contribution in [2.24, 2.45) is 0 Å². The number of carbonyl (C=O) groups is 1. The van der Waals surface area contributed by atoms with E-state index in [1.807, 2.05) is 0 Å². The number of pyridine rings is 2. The van der Waals surface area contributed by atoms with Crippen molar-refractivity contribution in [2.45, 2.75) is 26.9 Å². The molecule has 33 heavy (non-hydrogen) atoms. The minimum Gasteiger partial charge on any atom is -0.465 e. The van der Waals surface area contributed by atoms with E-state index >= 15 is 0 Å². The SMILES string of the molecule is COC(=O)c1c(-c2cc(C(F)(F)F)cnc2Oc2ccc(F)c(F)c2C)[nH]c(C)c(C)c1=O. The van der Waals surface area contributed by atoms with Gasteiger partial charge < -0.3 is 14.5 Å². The monoisotopic (exact) mass is 468 g/mol. The number of benzene rings is 1. The molecule has 2 heterocycles. The van der Waals surface area contributed by atoms with Gasteiger partial charge >= 0.3 is 12.1 Å². The van der Waals surface area contributed by atoms with Gasteiger partial charge in [-0.05, 0) is 39.0 Å². The molecule has 0 radical (unpaired) electrons. The number of rotatable bonds is 4. The molecule has 1 N–H and O–H groups in total. The fraction of sp³-hybridized carbons (Fsp3) is 0.227. The first-order chi connectivity index (χ1) is 15.4. The summed E-state index contributed by atoms with van der Waals surface area (Å²) >= 11 is 0. The maximum Gasteiger partial charge on any atom is 0.417 e. The second-order valence-electron chi connectivity index (χ2n) is 7.11. The predicted octanol–water partition coefficient (Wildman–Crippen LogP) is 5.24. The number of aryl methyl sites for hydroxylation is 1. The number of aromatic nitrogens is 2. The van der Waals surface area contributed by atoms with Crippen LogP contribution in [0, 0.1) is 32.4 Å². The van der Waals surface area contributed by atoms with Crippen molar-refractivity contribution in [3.63, 3.8) is 0 Å².